The lowest BCUT2D eigenvalue weighted by molar-refractivity contribution is -0.385. The van der Waals surface area contributed by atoms with Crippen molar-refractivity contribution in [3.8, 4) is 0 Å². The largest absolute Gasteiger partial charge is 0.317 e. The van der Waals surface area contributed by atoms with Crippen LogP contribution in [0.3, 0.4) is 0 Å². The van der Waals surface area contributed by atoms with Crippen LogP contribution in [0.4, 0.5) is 5.69 Å². The maximum absolute atomic E-state index is 11.1. The van der Waals surface area contributed by atoms with Crippen LogP contribution >= 0.6 is 24.0 Å². The highest BCUT2D eigenvalue weighted by Gasteiger charge is 2.22. The van der Waals surface area contributed by atoms with Gasteiger partial charge in [0.15, 0.2) is 0 Å². The van der Waals surface area contributed by atoms with E-state index in [1.807, 2.05) is 0 Å². The van der Waals surface area contributed by atoms with E-state index < -0.39 is 0 Å². The highest BCUT2D eigenvalue weighted by molar-refractivity contribution is 6.30. The van der Waals surface area contributed by atoms with Crippen LogP contribution in [0.1, 0.15) is 25.3 Å². The number of nitro benzene ring substituents is 1. The van der Waals surface area contributed by atoms with Gasteiger partial charge in [-0.15, -0.1) is 12.4 Å². The van der Waals surface area contributed by atoms with Crippen LogP contribution in [0.5, 0.6) is 0 Å². The molecule has 5 nitrogen and oxygen atoms in total. The predicted molar refractivity (Wildman–Crippen MR) is 91.9 cm³/mol. The van der Waals surface area contributed by atoms with Crippen LogP contribution in [-0.4, -0.2) is 36.0 Å². The molecule has 7 heteroatoms. The fourth-order valence-corrected chi connectivity index (χ4v) is 2.95. The molecule has 0 unspecified atom stereocenters. The smallest absolute Gasteiger partial charge is 0.275 e. The van der Waals surface area contributed by atoms with Gasteiger partial charge in [0.05, 0.1) is 4.92 Å². The van der Waals surface area contributed by atoms with Gasteiger partial charge in [0, 0.05) is 23.2 Å². The zero-order chi connectivity index (χ0) is 15.2. The van der Waals surface area contributed by atoms with Crippen LogP contribution < -0.4 is 5.32 Å². The first kappa shape index (κ1) is 19.2. The van der Waals surface area contributed by atoms with Crippen molar-refractivity contribution in [2.45, 2.75) is 26.3 Å². The van der Waals surface area contributed by atoms with Crippen molar-refractivity contribution in [3.63, 3.8) is 0 Å². The van der Waals surface area contributed by atoms with Gasteiger partial charge >= 0.3 is 0 Å². The van der Waals surface area contributed by atoms with E-state index in [9.17, 15) is 10.1 Å². The summed E-state index contributed by atoms with van der Waals surface area (Å²) in [5.41, 5.74) is 0.867. The van der Waals surface area contributed by atoms with E-state index in [0.29, 0.717) is 11.6 Å². The molecule has 0 aliphatic carbocycles. The molecule has 1 fully saturated rings. The third-order valence-electron chi connectivity index (χ3n) is 4.03. The molecule has 1 N–H and O–H groups in total. The third kappa shape index (κ3) is 5.39. The predicted octanol–water partition coefficient (Wildman–Crippen LogP) is 3.49. The van der Waals surface area contributed by atoms with Gasteiger partial charge in [0.2, 0.25) is 0 Å². The molecule has 1 saturated heterocycles. The topological polar surface area (TPSA) is 58.4 Å². The summed E-state index contributed by atoms with van der Waals surface area (Å²) in [5, 5.41) is 14.9. The van der Waals surface area contributed by atoms with Crippen molar-refractivity contribution >= 4 is 29.7 Å². The minimum atomic E-state index is -0.348. The molecule has 1 aliphatic heterocycles. The van der Waals surface area contributed by atoms with Crippen LogP contribution in [-0.2, 0) is 6.54 Å². The number of nitrogens with zero attached hydrogens (tertiary/aromatic N) is 2. The van der Waals surface area contributed by atoms with E-state index in [1.54, 1.807) is 12.1 Å². The standard InChI is InChI=1S/C15H22ClN3O2.ClH/c1-2-17-10-12-5-7-18(8-6-12)11-13-3-4-14(16)9-15(13)19(20)21;/h3-4,9,12,17H,2,5-8,10-11H2,1H3;1H. The number of nitro groups is 1. The monoisotopic (exact) mass is 347 g/mol. The number of piperidine rings is 1. The van der Waals surface area contributed by atoms with E-state index in [1.165, 1.54) is 6.07 Å². The van der Waals surface area contributed by atoms with Crippen molar-refractivity contribution in [1.82, 2.24) is 10.2 Å². The Bertz CT molecular complexity index is 492. The SMILES string of the molecule is CCNCC1CCN(Cc2ccc(Cl)cc2[N+](=O)[O-])CC1.Cl. The normalized spacial score (nSPS) is 16.3. The molecule has 0 atom stereocenters. The van der Waals surface area contributed by atoms with Crippen molar-refractivity contribution < 1.29 is 4.92 Å². The van der Waals surface area contributed by atoms with Crippen LogP contribution in [0.25, 0.3) is 0 Å². The number of halogens is 2. The summed E-state index contributed by atoms with van der Waals surface area (Å²) in [6, 6.07) is 4.93. The van der Waals surface area contributed by atoms with Crippen molar-refractivity contribution in [1.29, 1.82) is 0 Å². The van der Waals surface area contributed by atoms with Crippen LogP contribution in [0.2, 0.25) is 5.02 Å². The molecule has 1 heterocycles. The van der Waals surface area contributed by atoms with Crippen molar-refractivity contribution in [2.75, 3.05) is 26.2 Å². The fourth-order valence-electron chi connectivity index (χ4n) is 2.78. The second-order valence-corrected chi connectivity index (χ2v) is 5.99. The second-order valence-electron chi connectivity index (χ2n) is 5.56. The van der Waals surface area contributed by atoms with Crippen molar-refractivity contribution in [3.05, 3.63) is 38.9 Å². The van der Waals surface area contributed by atoms with Crippen LogP contribution in [0.15, 0.2) is 18.2 Å². The Morgan fingerprint density at radius 1 is 1.41 bits per heavy atom. The molecule has 0 bridgehead atoms. The quantitative estimate of drug-likeness (QED) is 0.632. The molecule has 1 aromatic carbocycles. The Kier molecular flexibility index (Phi) is 8.10. The summed E-state index contributed by atoms with van der Waals surface area (Å²) in [5.74, 6) is 0.724. The number of hydrogen-bond acceptors (Lipinski definition) is 4. The van der Waals surface area contributed by atoms with E-state index in [0.717, 1.165) is 50.5 Å². The van der Waals surface area contributed by atoms with Crippen LogP contribution in [0, 0.1) is 16.0 Å². The molecular formula is C15H23Cl2N3O2. The number of rotatable bonds is 6. The number of likely N-dealkylation sites (tertiary alicyclic amines) is 1. The molecule has 0 amide bonds. The highest BCUT2D eigenvalue weighted by Crippen LogP contribution is 2.26. The summed E-state index contributed by atoms with van der Waals surface area (Å²) < 4.78 is 0. The van der Waals surface area contributed by atoms with Crippen molar-refractivity contribution in [2.24, 2.45) is 5.92 Å². The van der Waals surface area contributed by atoms with E-state index in [2.05, 4.69) is 17.1 Å². The average molecular weight is 348 g/mol. The molecule has 124 valence electrons. The number of hydrogen-bond donors (Lipinski definition) is 1. The lowest BCUT2D eigenvalue weighted by Crippen LogP contribution is -2.37. The summed E-state index contributed by atoms with van der Waals surface area (Å²) >= 11 is 5.85. The molecule has 2 rings (SSSR count). The third-order valence-corrected chi connectivity index (χ3v) is 4.26. The zero-order valence-corrected chi connectivity index (χ0v) is 14.3. The zero-order valence-electron chi connectivity index (χ0n) is 12.8. The van der Waals surface area contributed by atoms with Gasteiger partial charge < -0.3 is 5.32 Å². The Labute approximate surface area is 142 Å². The molecule has 1 aromatic rings. The van der Waals surface area contributed by atoms with Gasteiger partial charge in [-0.05, 0) is 57.1 Å². The van der Waals surface area contributed by atoms with E-state index >= 15 is 0 Å². The van der Waals surface area contributed by atoms with Gasteiger partial charge in [-0.2, -0.15) is 0 Å². The number of benzene rings is 1. The molecule has 0 aromatic heterocycles. The second kappa shape index (κ2) is 9.30. The molecule has 1 aliphatic rings. The number of nitrogens with one attached hydrogen (secondary N) is 1. The fraction of sp³-hybridized carbons (Fsp3) is 0.600. The molecule has 0 saturated carbocycles. The first-order valence-electron chi connectivity index (χ1n) is 7.46. The first-order chi connectivity index (χ1) is 10.1. The summed E-state index contributed by atoms with van der Waals surface area (Å²) in [6.45, 7) is 6.82. The highest BCUT2D eigenvalue weighted by atomic mass is 35.5. The van der Waals surface area contributed by atoms with Gasteiger partial charge in [-0.1, -0.05) is 18.5 Å². The minimum Gasteiger partial charge on any atom is -0.317 e. The van der Waals surface area contributed by atoms with Gasteiger partial charge in [-0.3, -0.25) is 15.0 Å². The lowest BCUT2D eigenvalue weighted by Gasteiger charge is -2.31. The Morgan fingerprint density at radius 3 is 2.68 bits per heavy atom. The molecular weight excluding hydrogens is 325 g/mol. The Balaban J connectivity index is 0.00000242. The molecule has 0 spiro atoms. The summed E-state index contributed by atoms with van der Waals surface area (Å²) in [6.07, 6.45) is 2.29. The Morgan fingerprint density at radius 2 is 2.09 bits per heavy atom. The van der Waals surface area contributed by atoms with E-state index in [4.69, 9.17) is 11.6 Å². The maximum Gasteiger partial charge on any atom is 0.275 e. The minimum absolute atomic E-state index is 0. The molecule has 0 radical (unpaired) electrons. The van der Waals surface area contributed by atoms with Gasteiger partial charge in [-0.25, -0.2) is 0 Å². The average Bonchev–Trinajstić information content (AvgIpc) is 2.48. The van der Waals surface area contributed by atoms with Gasteiger partial charge in [0.1, 0.15) is 0 Å². The summed E-state index contributed by atoms with van der Waals surface area (Å²) in [4.78, 5) is 13.0. The Hall–Kier alpha value is -0.880. The van der Waals surface area contributed by atoms with Gasteiger partial charge in [0.25, 0.3) is 5.69 Å². The lowest BCUT2D eigenvalue weighted by atomic mass is 9.96. The van der Waals surface area contributed by atoms with E-state index in [-0.39, 0.29) is 23.0 Å². The maximum atomic E-state index is 11.1. The summed E-state index contributed by atoms with van der Waals surface area (Å²) in [7, 11) is 0. The molecule has 22 heavy (non-hydrogen) atoms. The first-order valence-corrected chi connectivity index (χ1v) is 7.83.